The smallest absolute Gasteiger partial charge is 0.119 e. The van der Waals surface area contributed by atoms with E-state index in [1.54, 1.807) is 0 Å². The molecule has 80 valence electrons. The summed E-state index contributed by atoms with van der Waals surface area (Å²) in [6.45, 7) is 8.23. The Morgan fingerprint density at radius 1 is 1.27 bits per heavy atom. The molecule has 0 radical (unpaired) electrons. The van der Waals surface area contributed by atoms with E-state index in [0.29, 0.717) is 0 Å². The third kappa shape index (κ3) is 2.99. The number of nitrogens with zero attached hydrogens (tertiary/aromatic N) is 1. The summed E-state index contributed by atoms with van der Waals surface area (Å²) >= 11 is 0. The van der Waals surface area contributed by atoms with E-state index in [-0.39, 0.29) is 11.5 Å². The number of hydrogen-bond donors (Lipinski definition) is 1. The highest BCUT2D eigenvalue weighted by Crippen LogP contribution is 2.24. The molecule has 2 heteroatoms. The molecule has 0 amide bonds. The molecule has 0 aliphatic rings. The van der Waals surface area contributed by atoms with E-state index in [9.17, 15) is 0 Å². The van der Waals surface area contributed by atoms with Crippen molar-refractivity contribution in [2.24, 2.45) is 5.41 Å². The van der Waals surface area contributed by atoms with Crippen LogP contribution in [-0.4, -0.2) is 6.04 Å². The lowest BCUT2D eigenvalue weighted by Crippen LogP contribution is -2.32. The number of nitriles is 1. The van der Waals surface area contributed by atoms with E-state index in [1.165, 1.54) is 5.56 Å². The van der Waals surface area contributed by atoms with E-state index in [1.807, 2.05) is 31.2 Å². The summed E-state index contributed by atoms with van der Waals surface area (Å²) in [7, 11) is 0. The first-order chi connectivity index (χ1) is 6.95. The van der Waals surface area contributed by atoms with Crippen molar-refractivity contribution in [1.29, 1.82) is 5.26 Å². The molecular weight excluding hydrogens is 184 g/mol. The van der Waals surface area contributed by atoms with Crippen molar-refractivity contribution in [1.82, 2.24) is 0 Å². The van der Waals surface area contributed by atoms with Gasteiger partial charge in [-0.1, -0.05) is 39.0 Å². The fourth-order valence-corrected chi connectivity index (χ4v) is 1.33. The van der Waals surface area contributed by atoms with Crippen LogP contribution in [0.5, 0.6) is 0 Å². The van der Waals surface area contributed by atoms with Crippen LogP contribution < -0.4 is 5.32 Å². The maximum Gasteiger partial charge on any atom is 0.119 e. The number of benzene rings is 1. The first-order valence-electron chi connectivity index (χ1n) is 5.17. The van der Waals surface area contributed by atoms with Gasteiger partial charge in [-0.3, -0.25) is 0 Å². The largest absolute Gasteiger partial charge is 0.369 e. The van der Waals surface area contributed by atoms with E-state index in [4.69, 9.17) is 5.26 Å². The summed E-state index contributed by atoms with van der Waals surface area (Å²) < 4.78 is 0. The fraction of sp³-hybridized carbons (Fsp3) is 0.462. The van der Waals surface area contributed by atoms with Crippen molar-refractivity contribution >= 4 is 5.69 Å². The minimum atomic E-state index is -0.168. The van der Waals surface area contributed by atoms with Gasteiger partial charge in [0.1, 0.15) is 6.04 Å². The number of anilines is 1. The molecule has 0 bridgehead atoms. The minimum Gasteiger partial charge on any atom is -0.369 e. The molecule has 1 atom stereocenters. The minimum absolute atomic E-state index is 0.0585. The summed E-state index contributed by atoms with van der Waals surface area (Å²) in [6.07, 6.45) is 0. The lowest BCUT2D eigenvalue weighted by atomic mass is 9.87. The summed E-state index contributed by atoms with van der Waals surface area (Å²) in [5.74, 6) is 0. The Morgan fingerprint density at radius 3 is 2.33 bits per heavy atom. The Morgan fingerprint density at radius 2 is 1.87 bits per heavy atom. The molecule has 0 saturated heterocycles. The van der Waals surface area contributed by atoms with Gasteiger partial charge in [0, 0.05) is 5.69 Å². The van der Waals surface area contributed by atoms with Crippen molar-refractivity contribution in [3.05, 3.63) is 29.8 Å². The molecule has 0 aromatic heterocycles. The predicted octanol–water partition coefficient (Wildman–Crippen LogP) is 3.35. The average Bonchev–Trinajstić information content (AvgIpc) is 2.14. The highest BCUT2D eigenvalue weighted by molar-refractivity contribution is 5.52. The standard InChI is InChI=1S/C13H18N2/c1-10-7-5-6-8-11(10)15-12(9-14)13(2,3)4/h5-8,12,15H,1-4H3. The number of aryl methyl sites for hydroxylation is 1. The fourth-order valence-electron chi connectivity index (χ4n) is 1.33. The second-order valence-corrected chi connectivity index (χ2v) is 4.89. The third-order valence-electron chi connectivity index (χ3n) is 2.44. The van der Waals surface area contributed by atoms with E-state index >= 15 is 0 Å². The number of hydrogen-bond acceptors (Lipinski definition) is 2. The molecule has 2 nitrogen and oxygen atoms in total. The van der Waals surface area contributed by atoms with Crippen molar-refractivity contribution in [2.75, 3.05) is 5.32 Å². The molecule has 1 aromatic rings. The quantitative estimate of drug-likeness (QED) is 0.798. The van der Waals surface area contributed by atoms with E-state index in [2.05, 4.69) is 32.2 Å². The zero-order chi connectivity index (χ0) is 11.5. The third-order valence-corrected chi connectivity index (χ3v) is 2.44. The SMILES string of the molecule is Cc1ccccc1NC(C#N)C(C)(C)C. The van der Waals surface area contributed by atoms with Crippen molar-refractivity contribution in [2.45, 2.75) is 33.7 Å². The predicted molar refractivity (Wildman–Crippen MR) is 63.7 cm³/mol. The van der Waals surface area contributed by atoms with Gasteiger partial charge in [-0.25, -0.2) is 0 Å². The van der Waals surface area contributed by atoms with Gasteiger partial charge >= 0.3 is 0 Å². The molecule has 1 unspecified atom stereocenters. The van der Waals surface area contributed by atoms with Crippen LogP contribution in [0.4, 0.5) is 5.69 Å². The monoisotopic (exact) mass is 202 g/mol. The summed E-state index contributed by atoms with van der Waals surface area (Å²) in [4.78, 5) is 0. The Hall–Kier alpha value is -1.49. The van der Waals surface area contributed by atoms with Gasteiger partial charge in [-0.15, -0.1) is 0 Å². The first kappa shape index (κ1) is 11.6. The summed E-state index contributed by atoms with van der Waals surface area (Å²) in [5, 5.41) is 12.4. The van der Waals surface area contributed by atoms with Gasteiger partial charge < -0.3 is 5.32 Å². The molecule has 0 aliphatic heterocycles. The van der Waals surface area contributed by atoms with Gasteiger partial charge in [0.25, 0.3) is 0 Å². The van der Waals surface area contributed by atoms with Crippen molar-refractivity contribution in [3.8, 4) is 6.07 Å². The normalized spacial score (nSPS) is 13.0. The molecule has 0 fully saturated rings. The van der Waals surface area contributed by atoms with Crippen LogP contribution in [0.15, 0.2) is 24.3 Å². The molecule has 0 spiro atoms. The van der Waals surface area contributed by atoms with Crippen LogP contribution in [0, 0.1) is 23.7 Å². The second kappa shape index (κ2) is 4.35. The number of para-hydroxylation sites is 1. The number of nitrogens with one attached hydrogen (secondary N) is 1. The molecule has 1 rings (SSSR count). The van der Waals surface area contributed by atoms with Crippen LogP contribution in [0.3, 0.4) is 0 Å². The van der Waals surface area contributed by atoms with Gasteiger partial charge in [0.2, 0.25) is 0 Å². The number of rotatable bonds is 2. The van der Waals surface area contributed by atoms with Crippen molar-refractivity contribution in [3.63, 3.8) is 0 Å². The van der Waals surface area contributed by atoms with Gasteiger partial charge in [0.15, 0.2) is 0 Å². The zero-order valence-electron chi connectivity index (χ0n) is 9.83. The summed E-state index contributed by atoms with van der Waals surface area (Å²) in [5.41, 5.74) is 2.15. The van der Waals surface area contributed by atoms with Crippen LogP contribution in [0.2, 0.25) is 0 Å². The zero-order valence-corrected chi connectivity index (χ0v) is 9.83. The van der Waals surface area contributed by atoms with Gasteiger partial charge in [-0.05, 0) is 24.0 Å². The first-order valence-corrected chi connectivity index (χ1v) is 5.17. The van der Waals surface area contributed by atoms with Crippen LogP contribution in [0.1, 0.15) is 26.3 Å². The molecular formula is C13H18N2. The Bertz CT molecular complexity index is 369. The van der Waals surface area contributed by atoms with Gasteiger partial charge in [-0.2, -0.15) is 5.26 Å². The van der Waals surface area contributed by atoms with Gasteiger partial charge in [0.05, 0.1) is 6.07 Å². The van der Waals surface area contributed by atoms with Crippen LogP contribution >= 0.6 is 0 Å². The molecule has 0 saturated carbocycles. The Balaban J connectivity index is 2.87. The maximum absolute atomic E-state index is 9.10. The van der Waals surface area contributed by atoms with Crippen LogP contribution in [-0.2, 0) is 0 Å². The molecule has 0 aliphatic carbocycles. The highest BCUT2D eigenvalue weighted by atomic mass is 14.9. The Kier molecular flexibility index (Phi) is 3.36. The van der Waals surface area contributed by atoms with E-state index < -0.39 is 0 Å². The molecule has 1 N–H and O–H groups in total. The molecule has 15 heavy (non-hydrogen) atoms. The lowest BCUT2D eigenvalue weighted by Gasteiger charge is -2.27. The summed E-state index contributed by atoms with van der Waals surface area (Å²) in [6, 6.07) is 10.2. The topological polar surface area (TPSA) is 35.8 Å². The molecule has 1 aromatic carbocycles. The van der Waals surface area contributed by atoms with Crippen molar-refractivity contribution < 1.29 is 0 Å². The Labute approximate surface area is 91.9 Å². The second-order valence-electron chi connectivity index (χ2n) is 4.89. The average molecular weight is 202 g/mol. The highest BCUT2D eigenvalue weighted by Gasteiger charge is 2.24. The maximum atomic E-state index is 9.10. The van der Waals surface area contributed by atoms with E-state index in [0.717, 1.165) is 5.69 Å². The van der Waals surface area contributed by atoms with Crippen LogP contribution in [0.25, 0.3) is 0 Å². The molecule has 0 heterocycles. The lowest BCUT2D eigenvalue weighted by molar-refractivity contribution is 0.390.